The fourth-order valence-corrected chi connectivity index (χ4v) is 3.68. The van der Waals surface area contributed by atoms with Gasteiger partial charge in [0.2, 0.25) is 10.0 Å². The van der Waals surface area contributed by atoms with E-state index in [-0.39, 0.29) is 48.4 Å². The van der Waals surface area contributed by atoms with E-state index >= 15 is 0 Å². The molecular weight excluding hydrogens is 483 g/mol. The highest BCUT2D eigenvalue weighted by Gasteiger charge is 2.18. The topological polar surface area (TPSA) is 105 Å². The maximum Gasteiger partial charge on any atom is 0.213 e. The van der Waals surface area contributed by atoms with Crippen molar-refractivity contribution < 1.29 is 17.6 Å². The van der Waals surface area contributed by atoms with Gasteiger partial charge in [-0.3, -0.25) is 4.99 Å². The van der Waals surface area contributed by atoms with Crippen LogP contribution in [0.3, 0.4) is 0 Å². The highest BCUT2D eigenvalue weighted by Crippen LogP contribution is 2.15. The summed E-state index contributed by atoms with van der Waals surface area (Å²) < 4.78 is 38.0. The molecule has 0 aliphatic carbocycles. The molecule has 2 rings (SSSR count). The SMILES string of the molecule is CN=C(NCCS(=O)(=O)NCC1CCCCO1)NC(C)c1ccc(C)o1.I. The molecule has 0 bridgehead atoms. The third-order valence-electron chi connectivity index (χ3n) is 4.23. The number of guanidine groups is 1. The van der Waals surface area contributed by atoms with E-state index in [4.69, 9.17) is 9.15 Å². The smallest absolute Gasteiger partial charge is 0.213 e. The first-order valence-corrected chi connectivity index (χ1v) is 10.7. The first-order valence-electron chi connectivity index (χ1n) is 9.02. The van der Waals surface area contributed by atoms with Gasteiger partial charge in [0.25, 0.3) is 0 Å². The number of aliphatic imine (C=N–C) groups is 1. The van der Waals surface area contributed by atoms with Crippen molar-refractivity contribution in [1.82, 2.24) is 15.4 Å². The monoisotopic (exact) mass is 514 g/mol. The van der Waals surface area contributed by atoms with Crippen LogP contribution in [0.25, 0.3) is 0 Å². The lowest BCUT2D eigenvalue weighted by molar-refractivity contribution is 0.0200. The number of ether oxygens (including phenoxy) is 1. The summed E-state index contributed by atoms with van der Waals surface area (Å²) in [4.78, 5) is 4.12. The Kier molecular flexibility index (Phi) is 10.6. The number of furan rings is 1. The average molecular weight is 514 g/mol. The van der Waals surface area contributed by atoms with E-state index in [2.05, 4.69) is 20.3 Å². The summed E-state index contributed by atoms with van der Waals surface area (Å²) in [7, 11) is -1.71. The number of hydrogen-bond donors (Lipinski definition) is 3. The van der Waals surface area contributed by atoms with Crippen LogP contribution in [-0.4, -0.2) is 53.0 Å². The Labute approximate surface area is 179 Å². The van der Waals surface area contributed by atoms with Crippen molar-refractivity contribution in [2.75, 3.05) is 32.5 Å². The Bertz CT molecular complexity index is 687. The molecule has 3 N–H and O–H groups in total. The van der Waals surface area contributed by atoms with Crippen LogP contribution in [0.4, 0.5) is 0 Å². The normalized spacial score (nSPS) is 19.2. The van der Waals surface area contributed by atoms with Crippen molar-refractivity contribution in [3.05, 3.63) is 23.7 Å². The lowest BCUT2D eigenvalue weighted by Crippen LogP contribution is -2.43. The zero-order valence-corrected chi connectivity index (χ0v) is 19.3. The van der Waals surface area contributed by atoms with Crippen molar-refractivity contribution in [2.24, 2.45) is 4.99 Å². The van der Waals surface area contributed by atoms with Gasteiger partial charge in [0.1, 0.15) is 11.5 Å². The van der Waals surface area contributed by atoms with Gasteiger partial charge in [0, 0.05) is 26.7 Å². The molecule has 1 aromatic heterocycles. The Morgan fingerprint density at radius 3 is 2.74 bits per heavy atom. The fourth-order valence-electron chi connectivity index (χ4n) is 2.72. The predicted molar refractivity (Wildman–Crippen MR) is 117 cm³/mol. The molecule has 27 heavy (non-hydrogen) atoms. The molecule has 10 heteroatoms. The summed E-state index contributed by atoms with van der Waals surface area (Å²) in [5.74, 6) is 2.13. The largest absolute Gasteiger partial charge is 0.464 e. The first kappa shape index (κ1) is 24.2. The molecule has 1 fully saturated rings. The van der Waals surface area contributed by atoms with Crippen molar-refractivity contribution >= 4 is 40.0 Å². The molecule has 1 aliphatic heterocycles. The van der Waals surface area contributed by atoms with Gasteiger partial charge in [-0.1, -0.05) is 0 Å². The third kappa shape index (κ3) is 8.79. The van der Waals surface area contributed by atoms with Gasteiger partial charge >= 0.3 is 0 Å². The summed E-state index contributed by atoms with van der Waals surface area (Å²) in [6, 6.07) is 3.73. The minimum atomic E-state index is -3.36. The van der Waals surface area contributed by atoms with Crippen LogP contribution in [-0.2, 0) is 14.8 Å². The van der Waals surface area contributed by atoms with Crippen molar-refractivity contribution in [2.45, 2.75) is 45.3 Å². The molecule has 156 valence electrons. The average Bonchev–Trinajstić information content (AvgIpc) is 3.06. The van der Waals surface area contributed by atoms with Gasteiger partial charge in [0.05, 0.1) is 17.9 Å². The molecule has 0 spiro atoms. The second-order valence-corrected chi connectivity index (χ2v) is 8.40. The van der Waals surface area contributed by atoms with Crippen molar-refractivity contribution in [3.8, 4) is 0 Å². The van der Waals surface area contributed by atoms with Gasteiger partial charge < -0.3 is 19.8 Å². The van der Waals surface area contributed by atoms with Crippen LogP contribution in [0.5, 0.6) is 0 Å². The molecule has 1 aromatic rings. The zero-order valence-electron chi connectivity index (χ0n) is 16.2. The van der Waals surface area contributed by atoms with E-state index < -0.39 is 10.0 Å². The summed E-state index contributed by atoms with van der Waals surface area (Å²) in [5.41, 5.74) is 0. The quantitative estimate of drug-likeness (QED) is 0.278. The Hall–Kier alpha value is -0.850. The van der Waals surface area contributed by atoms with Crippen LogP contribution >= 0.6 is 24.0 Å². The molecule has 8 nitrogen and oxygen atoms in total. The summed E-state index contributed by atoms with van der Waals surface area (Å²) >= 11 is 0. The molecule has 0 aromatic carbocycles. The minimum Gasteiger partial charge on any atom is -0.464 e. The molecule has 2 atom stereocenters. The molecule has 0 amide bonds. The van der Waals surface area contributed by atoms with Gasteiger partial charge in [-0.2, -0.15) is 0 Å². The fraction of sp³-hybridized carbons (Fsp3) is 0.706. The molecule has 0 saturated carbocycles. The maximum atomic E-state index is 12.1. The minimum absolute atomic E-state index is 0. The summed E-state index contributed by atoms with van der Waals surface area (Å²) in [6.45, 7) is 5.14. The van der Waals surface area contributed by atoms with Crippen LogP contribution < -0.4 is 15.4 Å². The zero-order chi connectivity index (χ0) is 19.0. The maximum absolute atomic E-state index is 12.1. The number of rotatable bonds is 8. The second kappa shape index (κ2) is 11.9. The number of sulfonamides is 1. The van der Waals surface area contributed by atoms with Gasteiger partial charge in [-0.25, -0.2) is 13.1 Å². The van der Waals surface area contributed by atoms with E-state index in [0.29, 0.717) is 19.1 Å². The first-order chi connectivity index (χ1) is 12.4. The van der Waals surface area contributed by atoms with Crippen LogP contribution in [0.2, 0.25) is 0 Å². The molecule has 2 unspecified atom stereocenters. The Morgan fingerprint density at radius 1 is 1.37 bits per heavy atom. The summed E-state index contributed by atoms with van der Waals surface area (Å²) in [6.07, 6.45) is 3.03. The van der Waals surface area contributed by atoms with E-state index in [1.165, 1.54) is 0 Å². The molecule has 0 radical (unpaired) electrons. The molecule has 2 heterocycles. The van der Waals surface area contributed by atoms with Crippen molar-refractivity contribution in [3.63, 3.8) is 0 Å². The van der Waals surface area contributed by atoms with Crippen LogP contribution in [0, 0.1) is 6.92 Å². The van der Waals surface area contributed by atoms with Gasteiger partial charge in [-0.05, 0) is 45.2 Å². The van der Waals surface area contributed by atoms with Crippen molar-refractivity contribution in [1.29, 1.82) is 0 Å². The molecular formula is C17H31IN4O4S. The highest BCUT2D eigenvalue weighted by molar-refractivity contribution is 14.0. The second-order valence-electron chi connectivity index (χ2n) is 6.47. The third-order valence-corrected chi connectivity index (χ3v) is 5.58. The number of nitrogens with zero attached hydrogens (tertiary/aromatic N) is 1. The highest BCUT2D eigenvalue weighted by atomic mass is 127. The predicted octanol–water partition coefficient (Wildman–Crippen LogP) is 1.92. The lowest BCUT2D eigenvalue weighted by atomic mass is 10.1. The molecule has 1 aliphatic rings. The van der Waals surface area contributed by atoms with E-state index in [0.717, 1.165) is 30.8 Å². The Morgan fingerprint density at radius 2 is 2.15 bits per heavy atom. The van der Waals surface area contributed by atoms with Gasteiger partial charge in [-0.15, -0.1) is 24.0 Å². The number of nitrogens with one attached hydrogen (secondary N) is 3. The lowest BCUT2D eigenvalue weighted by Gasteiger charge is -2.22. The number of halogens is 1. The van der Waals surface area contributed by atoms with E-state index in [1.807, 2.05) is 26.0 Å². The number of hydrogen-bond acceptors (Lipinski definition) is 5. The Balaban J connectivity index is 0.00000364. The van der Waals surface area contributed by atoms with E-state index in [1.54, 1.807) is 7.05 Å². The number of aryl methyl sites for hydroxylation is 1. The van der Waals surface area contributed by atoms with Crippen LogP contribution in [0.15, 0.2) is 21.5 Å². The van der Waals surface area contributed by atoms with E-state index in [9.17, 15) is 8.42 Å². The standard InChI is InChI=1S/C17H30N4O4S.HI/c1-13-7-8-16(25-13)14(2)21-17(18-3)19-9-11-26(22,23)20-12-15-6-4-5-10-24-15;/h7-8,14-15,20H,4-6,9-12H2,1-3H3,(H2,18,19,21);1H. The summed E-state index contributed by atoms with van der Waals surface area (Å²) in [5, 5.41) is 6.19. The molecule has 1 saturated heterocycles. The van der Waals surface area contributed by atoms with Crippen LogP contribution in [0.1, 0.15) is 43.7 Å². The van der Waals surface area contributed by atoms with Gasteiger partial charge in [0.15, 0.2) is 5.96 Å².